The van der Waals surface area contributed by atoms with Crippen molar-refractivity contribution < 1.29 is 9.53 Å². The highest BCUT2D eigenvalue weighted by Crippen LogP contribution is 2.36. The van der Waals surface area contributed by atoms with E-state index in [9.17, 15) is 9.59 Å². The Morgan fingerprint density at radius 3 is 2.92 bits per heavy atom. The van der Waals surface area contributed by atoms with Gasteiger partial charge < -0.3 is 15.0 Å². The molecular formula is C19H18ClN3O3. The lowest BCUT2D eigenvalue weighted by Crippen LogP contribution is -2.45. The maximum Gasteiger partial charge on any atom is 0.251 e. The highest BCUT2D eigenvalue weighted by atomic mass is 35.5. The lowest BCUT2D eigenvalue weighted by atomic mass is 9.78. The number of carbonyl (C=O) groups excluding carboxylic acids is 1. The Hall–Kier alpha value is -2.60. The molecule has 0 atom stereocenters. The summed E-state index contributed by atoms with van der Waals surface area (Å²) in [5.74, 6) is 1.42. The van der Waals surface area contributed by atoms with Crippen molar-refractivity contribution >= 4 is 23.6 Å². The van der Waals surface area contributed by atoms with Crippen molar-refractivity contribution in [2.45, 2.75) is 31.7 Å². The number of halogens is 1. The summed E-state index contributed by atoms with van der Waals surface area (Å²) in [5.41, 5.74) is 2.04. The molecular weight excluding hydrogens is 354 g/mol. The Labute approximate surface area is 155 Å². The minimum Gasteiger partial charge on any atom is -0.488 e. The number of hydrogen-bond acceptors (Lipinski definition) is 4. The Morgan fingerprint density at radius 2 is 2.15 bits per heavy atom. The van der Waals surface area contributed by atoms with Gasteiger partial charge in [0, 0.05) is 28.6 Å². The number of rotatable bonds is 3. The molecule has 1 aromatic heterocycles. The predicted molar refractivity (Wildman–Crippen MR) is 98.4 cm³/mol. The number of fused-ring (bicyclic) bond motifs is 1. The number of H-pyrrole nitrogens is 1. The van der Waals surface area contributed by atoms with Gasteiger partial charge in [-0.25, -0.2) is 4.98 Å². The van der Waals surface area contributed by atoms with Crippen molar-refractivity contribution in [3.05, 3.63) is 62.3 Å². The third-order valence-electron chi connectivity index (χ3n) is 4.75. The van der Waals surface area contributed by atoms with Gasteiger partial charge in [0.25, 0.3) is 11.5 Å². The van der Waals surface area contributed by atoms with Crippen LogP contribution in [0.25, 0.3) is 6.08 Å². The highest BCUT2D eigenvalue weighted by Gasteiger charge is 2.33. The molecule has 2 heterocycles. The van der Waals surface area contributed by atoms with Crippen molar-refractivity contribution in [2.24, 2.45) is 0 Å². The van der Waals surface area contributed by atoms with Gasteiger partial charge in [-0.15, -0.1) is 0 Å². The molecule has 134 valence electrons. The standard InChI is InChI=1S/C19H18ClN3O3/c1-10-21-16(8-18(24)22-10)11-6-15(7-11)23-19(25)13-4-12-5-14(20)2-3-17(12)26-9-13/h2-5,8,11,15H,6-7,9H2,1H3,(H,23,25)(H,21,22,24). The Kier molecular flexibility index (Phi) is 4.28. The van der Waals surface area contributed by atoms with E-state index in [0.717, 1.165) is 29.8 Å². The normalized spacial score (nSPS) is 21.1. The van der Waals surface area contributed by atoms with Crippen LogP contribution in [-0.2, 0) is 4.79 Å². The summed E-state index contributed by atoms with van der Waals surface area (Å²) in [4.78, 5) is 31.1. The van der Waals surface area contributed by atoms with Crippen molar-refractivity contribution in [3.8, 4) is 5.75 Å². The number of carbonyl (C=O) groups is 1. The molecule has 2 aliphatic rings. The second-order valence-electron chi connectivity index (χ2n) is 6.73. The number of nitrogens with zero attached hydrogens (tertiary/aromatic N) is 1. The zero-order chi connectivity index (χ0) is 18.3. The van der Waals surface area contributed by atoms with E-state index in [1.54, 1.807) is 25.1 Å². The van der Waals surface area contributed by atoms with E-state index in [2.05, 4.69) is 15.3 Å². The molecule has 0 saturated heterocycles. The van der Waals surface area contributed by atoms with E-state index in [1.165, 1.54) is 6.07 Å². The van der Waals surface area contributed by atoms with Gasteiger partial charge in [-0.2, -0.15) is 0 Å². The molecule has 2 aromatic rings. The van der Waals surface area contributed by atoms with Crippen molar-refractivity contribution in [3.63, 3.8) is 0 Å². The summed E-state index contributed by atoms with van der Waals surface area (Å²) in [5, 5.41) is 3.63. The van der Waals surface area contributed by atoms with Crippen LogP contribution < -0.4 is 15.6 Å². The molecule has 0 spiro atoms. The molecule has 1 aliphatic carbocycles. The van der Waals surface area contributed by atoms with Gasteiger partial charge in [0.05, 0.1) is 11.3 Å². The molecule has 4 rings (SSSR count). The summed E-state index contributed by atoms with van der Waals surface area (Å²) in [6.07, 6.45) is 3.37. The van der Waals surface area contributed by atoms with E-state index in [1.807, 2.05) is 6.08 Å². The van der Waals surface area contributed by atoms with Crippen LogP contribution in [0.3, 0.4) is 0 Å². The summed E-state index contributed by atoms with van der Waals surface area (Å²) in [6, 6.07) is 6.96. The van der Waals surface area contributed by atoms with Gasteiger partial charge in [0.15, 0.2) is 0 Å². The first-order valence-electron chi connectivity index (χ1n) is 8.49. The maximum atomic E-state index is 12.5. The second kappa shape index (κ2) is 6.61. The van der Waals surface area contributed by atoms with Gasteiger partial charge in [0.1, 0.15) is 18.2 Å². The summed E-state index contributed by atoms with van der Waals surface area (Å²) in [6.45, 7) is 2.01. The topological polar surface area (TPSA) is 84.1 Å². The van der Waals surface area contributed by atoms with Gasteiger partial charge in [-0.1, -0.05) is 11.6 Å². The van der Waals surface area contributed by atoms with Crippen LogP contribution in [-0.4, -0.2) is 28.5 Å². The summed E-state index contributed by atoms with van der Waals surface area (Å²) >= 11 is 6.00. The SMILES string of the molecule is Cc1nc(C2CC(NC(=O)C3=Cc4cc(Cl)ccc4OC3)C2)cc(=O)[nH]1. The smallest absolute Gasteiger partial charge is 0.251 e. The number of nitrogens with one attached hydrogen (secondary N) is 2. The van der Waals surface area contributed by atoms with E-state index >= 15 is 0 Å². The van der Waals surface area contributed by atoms with Crippen molar-refractivity contribution in [1.82, 2.24) is 15.3 Å². The Bertz CT molecular complexity index is 961. The number of hydrogen-bond donors (Lipinski definition) is 2. The predicted octanol–water partition coefficient (Wildman–Crippen LogP) is 2.57. The highest BCUT2D eigenvalue weighted by molar-refractivity contribution is 6.30. The minimum atomic E-state index is -0.137. The molecule has 1 aromatic carbocycles. The second-order valence-corrected chi connectivity index (χ2v) is 7.17. The Balaban J connectivity index is 1.39. The summed E-state index contributed by atoms with van der Waals surface area (Å²) in [7, 11) is 0. The molecule has 1 fully saturated rings. The molecule has 7 heteroatoms. The fraction of sp³-hybridized carbons (Fsp3) is 0.316. The maximum absolute atomic E-state index is 12.5. The fourth-order valence-corrected chi connectivity index (χ4v) is 3.53. The van der Waals surface area contributed by atoms with E-state index in [0.29, 0.717) is 16.4 Å². The van der Waals surface area contributed by atoms with Crippen LogP contribution in [0.1, 0.15) is 35.8 Å². The molecule has 26 heavy (non-hydrogen) atoms. The molecule has 1 amide bonds. The number of aryl methyl sites for hydroxylation is 1. The van der Waals surface area contributed by atoms with Crippen LogP contribution >= 0.6 is 11.6 Å². The van der Waals surface area contributed by atoms with Crippen molar-refractivity contribution in [2.75, 3.05) is 6.61 Å². The fourth-order valence-electron chi connectivity index (χ4n) is 3.35. The van der Waals surface area contributed by atoms with Crippen LogP contribution in [0.15, 0.2) is 34.6 Å². The van der Waals surface area contributed by atoms with Crippen LogP contribution in [0.4, 0.5) is 0 Å². The number of benzene rings is 1. The average Bonchev–Trinajstić information content (AvgIpc) is 2.55. The Morgan fingerprint density at radius 1 is 1.35 bits per heavy atom. The van der Waals surface area contributed by atoms with Gasteiger partial charge >= 0.3 is 0 Å². The van der Waals surface area contributed by atoms with Gasteiger partial charge in [-0.05, 0) is 44.0 Å². The quantitative estimate of drug-likeness (QED) is 0.868. The minimum absolute atomic E-state index is 0.0792. The monoisotopic (exact) mass is 371 g/mol. The lowest BCUT2D eigenvalue weighted by molar-refractivity contribution is -0.119. The van der Waals surface area contributed by atoms with Gasteiger partial charge in [0.2, 0.25) is 0 Å². The van der Waals surface area contributed by atoms with Crippen LogP contribution in [0.5, 0.6) is 5.75 Å². The summed E-state index contributed by atoms with van der Waals surface area (Å²) < 4.78 is 5.63. The first-order chi connectivity index (χ1) is 12.5. The third kappa shape index (κ3) is 3.37. The van der Waals surface area contributed by atoms with Crippen LogP contribution in [0, 0.1) is 6.92 Å². The average molecular weight is 372 g/mol. The molecule has 6 nitrogen and oxygen atoms in total. The molecule has 1 saturated carbocycles. The number of aromatic nitrogens is 2. The van der Waals surface area contributed by atoms with Crippen LogP contribution in [0.2, 0.25) is 5.02 Å². The molecule has 1 aliphatic heterocycles. The lowest BCUT2D eigenvalue weighted by Gasteiger charge is -2.35. The molecule has 0 unspecified atom stereocenters. The van der Waals surface area contributed by atoms with E-state index < -0.39 is 0 Å². The molecule has 0 radical (unpaired) electrons. The van der Waals surface area contributed by atoms with E-state index in [-0.39, 0.29) is 30.0 Å². The zero-order valence-electron chi connectivity index (χ0n) is 14.2. The first-order valence-corrected chi connectivity index (χ1v) is 8.87. The largest absolute Gasteiger partial charge is 0.488 e. The molecule has 2 N–H and O–H groups in total. The van der Waals surface area contributed by atoms with Gasteiger partial charge in [-0.3, -0.25) is 9.59 Å². The van der Waals surface area contributed by atoms with Crippen molar-refractivity contribution in [1.29, 1.82) is 0 Å². The third-order valence-corrected chi connectivity index (χ3v) is 4.98. The van der Waals surface area contributed by atoms with E-state index in [4.69, 9.17) is 16.3 Å². The number of aromatic amines is 1. The zero-order valence-corrected chi connectivity index (χ0v) is 15.0. The number of amides is 1. The first kappa shape index (κ1) is 16.8. The molecule has 0 bridgehead atoms. The number of ether oxygens (including phenoxy) is 1.